The van der Waals surface area contributed by atoms with Crippen molar-refractivity contribution < 1.29 is 14.0 Å². The standard InChI is InChI=1S/C19H21FN6O2/c20-12-3-1-9-21-16(12)19(7-2-8-19)11-23-15-5-4-14(25-26-15)18(28)24-13-6-10-22-17(13)27/h1,3-5,9,13H,2,6-8,10-11H2,(H,22,27)(H,23,26)(H,24,28)/t13-/m1/s1. The molecule has 1 saturated carbocycles. The van der Waals surface area contributed by atoms with E-state index in [1.165, 1.54) is 6.07 Å². The highest BCUT2D eigenvalue weighted by Crippen LogP contribution is 2.43. The van der Waals surface area contributed by atoms with E-state index in [1.54, 1.807) is 24.4 Å². The van der Waals surface area contributed by atoms with Gasteiger partial charge in [0.25, 0.3) is 5.91 Å². The first kappa shape index (κ1) is 18.3. The van der Waals surface area contributed by atoms with Gasteiger partial charge in [-0.25, -0.2) is 4.39 Å². The summed E-state index contributed by atoms with van der Waals surface area (Å²) in [7, 11) is 0. The molecule has 3 N–H and O–H groups in total. The highest BCUT2D eigenvalue weighted by molar-refractivity contribution is 5.96. The first-order valence-corrected chi connectivity index (χ1v) is 9.35. The lowest BCUT2D eigenvalue weighted by molar-refractivity contribution is -0.120. The summed E-state index contributed by atoms with van der Waals surface area (Å²) in [5.74, 6) is -0.421. The molecule has 1 saturated heterocycles. The van der Waals surface area contributed by atoms with Crippen molar-refractivity contribution in [3.05, 3.63) is 47.7 Å². The third kappa shape index (κ3) is 3.51. The van der Waals surface area contributed by atoms with Crippen LogP contribution in [0.2, 0.25) is 0 Å². The van der Waals surface area contributed by atoms with Crippen LogP contribution in [0.1, 0.15) is 41.9 Å². The fraction of sp³-hybridized carbons (Fsp3) is 0.421. The second kappa shape index (κ2) is 7.49. The Balaban J connectivity index is 1.39. The lowest BCUT2D eigenvalue weighted by Crippen LogP contribution is -2.42. The molecule has 2 aromatic heterocycles. The van der Waals surface area contributed by atoms with E-state index in [0.717, 1.165) is 19.3 Å². The molecule has 28 heavy (non-hydrogen) atoms. The van der Waals surface area contributed by atoms with Crippen molar-refractivity contribution in [2.24, 2.45) is 0 Å². The van der Waals surface area contributed by atoms with Gasteiger partial charge in [-0.1, -0.05) is 6.42 Å². The SMILES string of the molecule is O=C(N[C@@H]1CCNC1=O)c1ccc(NCC2(c3ncccc3F)CCC2)nn1. The summed E-state index contributed by atoms with van der Waals surface area (Å²) in [6.07, 6.45) is 4.90. The summed E-state index contributed by atoms with van der Waals surface area (Å²) in [6, 6.07) is 5.69. The molecule has 1 atom stereocenters. The molecule has 146 valence electrons. The van der Waals surface area contributed by atoms with Crippen LogP contribution in [0.25, 0.3) is 0 Å². The maximum Gasteiger partial charge on any atom is 0.272 e. The van der Waals surface area contributed by atoms with Crippen molar-refractivity contribution in [1.29, 1.82) is 0 Å². The average molecular weight is 384 g/mol. The van der Waals surface area contributed by atoms with Crippen LogP contribution in [0.4, 0.5) is 10.2 Å². The summed E-state index contributed by atoms with van der Waals surface area (Å²) < 4.78 is 14.2. The molecule has 8 nitrogen and oxygen atoms in total. The average Bonchev–Trinajstić information content (AvgIpc) is 3.07. The van der Waals surface area contributed by atoms with Crippen LogP contribution in [0, 0.1) is 5.82 Å². The monoisotopic (exact) mass is 384 g/mol. The van der Waals surface area contributed by atoms with Crippen molar-refractivity contribution in [2.75, 3.05) is 18.4 Å². The van der Waals surface area contributed by atoms with E-state index < -0.39 is 11.9 Å². The summed E-state index contributed by atoms with van der Waals surface area (Å²) in [4.78, 5) is 28.0. The number of aromatic nitrogens is 3. The maximum atomic E-state index is 14.2. The van der Waals surface area contributed by atoms with E-state index in [-0.39, 0.29) is 22.8 Å². The highest BCUT2D eigenvalue weighted by Gasteiger charge is 2.41. The van der Waals surface area contributed by atoms with E-state index in [4.69, 9.17) is 0 Å². The number of amides is 2. The van der Waals surface area contributed by atoms with Crippen LogP contribution in [0.15, 0.2) is 30.5 Å². The molecule has 4 rings (SSSR count). The molecule has 2 aliphatic rings. The van der Waals surface area contributed by atoms with E-state index >= 15 is 0 Å². The number of carbonyl (C=O) groups excluding carboxylic acids is 2. The molecular weight excluding hydrogens is 363 g/mol. The smallest absolute Gasteiger partial charge is 0.272 e. The fourth-order valence-electron chi connectivity index (χ4n) is 3.65. The molecule has 0 bridgehead atoms. The molecule has 0 spiro atoms. The molecule has 2 aromatic rings. The van der Waals surface area contributed by atoms with Crippen LogP contribution >= 0.6 is 0 Å². The Bertz CT molecular complexity index is 884. The van der Waals surface area contributed by atoms with Crippen LogP contribution in [-0.4, -0.2) is 46.1 Å². The zero-order valence-corrected chi connectivity index (χ0v) is 15.2. The van der Waals surface area contributed by atoms with Crippen molar-refractivity contribution in [3.8, 4) is 0 Å². The third-order valence-corrected chi connectivity index (χ3v) is 5.43. The van der Waals surface area contributed by atoms with Crippen LogP contribution in [-0.2, 0) is 10.2 Å². The molecule has 0 unspecified atom stereocenters. The van der Waals surface area contributed by atoms with E-state index in [1.807, 2.05) is 0 Å². The molecule has 1 aliphatic carbocycles. The van der Waals surface area contributed by atoms with E-state index in [2.05, 4.69) is 31.1 Å². The van der Waals surface area contributed by atoms with Gasteiger partial charge < -0.3 is 16.0 Å². The molecule has 0 radical (unpaired) electrons. The number of anilines is 1. The van der Waals surface area contributed by atoms with Gasteiger partial charge in [0.1, 0.15) is 17.7 Å². The Morgan fingerprint density at radius 1 is 1.29 bits per heavy atom. The lowest BCUT2D eigenvalue weighted by atomic mass is 9.66. The van der Waals surface area contributed by atoms with Crippen molar-refractivity contribution in [3.63, 3.8) is 0 Å². The maximum absolute atomic E-state index is 14.2. The van der Waals surface area contributed by atoms with E-state index in [9.17, 15) is 14.0 Å². The largest absolute Gasteiger partial charge is 0.368 e. The van der Waals surface area contributed by atoms with Crippen molar-refractivity contribution in [1.82, 2.24) is 25.8 Å². The van der Waals surface area contributed by atoms with Gasteiger partial charge in [-0.15, -0.1) is 10.2 Å². The van der Waals surface area contributed by atoms with Crippen LogP contribution in [0.3, 0.4) is 0 Å². The van der Waals surface area contributed by atoms with Gasteiger partial charge in [0.2, 0.25) is 5.91 Å². The van der Waals surface area contributed by atoms with Gasteiger partial charge in [0.15, 0.2) is 5.69 Å². The predicted molar refractivity (Wildman–Crippen MR) is 99.1 cm³/mol. The van der Waals surface area contributed by atoms with Gasteiger partial charge in [0, 0.05) is 24.7 Å². The van der Waals surface area contributed by atoms with Crippen LogP contribution in [0.5, 0.6) is 0 Å². The van der Waals surface area contributed by atoms with Gasteiger partial charge in [-0.3, -0.25) is 14.6 Å². The van der Waals surface area contributed by atoms with Gasteiger partial charge in [0.05, 0.1) is 5.69 Å². The summed E-state index contributed by atoms with van der Waals surface area (Å²) in [6.45, 7) is 1.04. The molecule has 2 fully saturated rings. The third-order valence-electron chi connectivity index (χ3n) is 5.43. The Morgan fingerprint density at radius 3 is 2.75 bits per heavy atom. The number of pyridine rings is 1. The van der Waals surface area contributed by atoms with Gasteiger partial charge >= 0.3 is 0 Å². The summed E-state index contributed by atoms with van der Waals surface area (Å²) >= 11 is 0. The van der Waals surface area contributed by atoms with Gasteiger partial charge in [-0.2, -0.15) is 0 Å². The first-order valence-electron chi connectivity index (χ1n) is 9.35. The van der Waals surface area contributed by atoms with Crippen molar-refractivity contribution in [2.45, 2.75) is 37.1 Å². The number of nitrogens with zero attached hydrogens (tertiary/aromatic N) is 3. The Hall–Kier alpha value is -3.10. The predicted octanol–water partition coefficient (Wildman–Crippen LogP) is 1.16. The Kier molecular flexibility index (Phi) is 4.89. The minimum atomic E-state index is -0.529. The molecule has 9 heteroatoms. The molecule has 3 heterocycles. The topological polar surface area (TPSA) is 109 Å². The van der Waals surface area contributed by atoms with Crippen molar-refractivity contribution >= 4 is 17.6 Å². The number of hydrogen-bond acceptors (Lipinski definition) is 6. The van der Waals surface area contributed by atoms with Gasteiger partial charge in [-0.05, 0) is 43.5 Å². The fourth-order valence-corrected chi connectivity index (χ4v) is 3.65. The zero-order chi connectivity index (χ0) is 19.6. The lowest BCUT2D eigenvalue weighted by Gasteiger charge is -2.41. The highest BCUT2D eigenvalue weighted by atomic mass is 19.1. The number of carbonyl (C=O) groups is 2. The Labute approximate surface area is 161 Å². The molecule has 0 aromatic carbocycles. The number of halogens is 1. The molecule has 1 aliphatic heterocycles. The van der Waals surface area contributed by atoms with Crippen LogP contribution < -0.4 is 16.0 Å². The summed E-state index contributed by atoms with van der Waals surface area (Å²) in [5, 5.41) is 16.5. The number of hydrogen-bond donors (Lipinski definition) is 3. The first-order chi connectivity index (χ1) is 13.6. The second-order valence-corrected chi connectivity index (χ2v) is 7.23. The zero-order valence-electron chi connectivity index (χ0n) is 15.2. The molecular formula is C19H21FN6O2. The normalized spacial score (nSPS) is 20.2. The number of rotatable bonds is 6. The quantitative estimate of drug-likeness (QED) is 0.690. The number of nitrogens with one attached hydrogen (secondary N) is 3. The Morgan fingerprint density at radius 2 is 2.14 bits per heavy atom. The summed E-state index contributed by atoms with van der Waals surface area (Å²) in [5.41, 5.74) is 0.269. The van der Waals surface area contributed by atoms with E-state index in [0.29, 0.717) is 31.0 Å². The molecule has 2 amide bonds. The second-order valence-electron chi connectivity index (χ2n) is 7.23. The minimum Gasteiger partial charge on any atom is -0.368 e. The minimum absolute atomic E-state index is 0.138.